The fourth-order valence-corrected chi connectivity index (χ4v) is 5.93. The topological polar surface area (TPSA) is 67.2 Å². The molecule has 3 heterocycles. The number of piperazine rings is 1. The summed E-state index contributed by atoms with van der Waals surface area (Å²) in [5, 5.41) is 15.1. The van der Waals surface area contributed by atoms with Crippen molar-refractivity contribution in [2.24, 2.45) is 5.92 Å². The van der Waals surface area contributed by atoms with Gasteiger partial charge in [0.05, 0.1) is 6.04 Å². The molecule has 8 heteroatoms. The molecular formula is C24H30N6OS. The Morgan fingerprint density at radius 1 is 1.03 bits per heavy atom. The lowest BCUT2D eigenvalue weighted by Crippen LogP contribution is -2.51. The van der Waals surface area contributed by atoms with Crippen molar-refractivity contribution in [1.29, 1.82) is 0 Å². The molecule has 2 atom stereocenters. The Hall–Kier alpha value is -2.58. The van der Waals surface area contributed by atoms with E-state index in [2.05, 4.69) is 61.9 Å². The number of amides is 1. The first-order valence-electron chi connectivity index (χ1n) is 11.6. The van der Waals surface area contributed by atoms with Crippen LogP contribution in [0.25, 0.3) is 0 Å². The number of nitrogens with zero attached hydrogens (tertiary/aromatic N) is 6. The van der Waals surface area contributed by atoms with Gasteiger partial charge in [0.15, 0.2) is 5.82 Å². The van der Waals surface area contributed by atoms with Crippen LogP contribution in [0.3, 0.4) is 0 Å². The molecule has 32 heavy (non-hydrogen) atoms. The molecule has 0 unspecified atom stereocenters. The molecular weight excluding hydrogens is 420 g/mol. The van der Waals surface area contributed by atoms with Crippen molar-refractivity contribution < 1.29 is 4.79 Å². The SMILES string of the molecule is C[C@@H](c1ccccc1)n1nnnc1[C@@H](c1cccs1)N1CCN(C(=O)C2CCCC2)CC1. The van der Waals surface area contributed by atoms with Gasteiger partial charge in [0.2, 0.25) is 5.91 Å². The molecule has 168 valence electrons. The van der Waals surface area contributed by atoms with Crippen molar-refractivity contribution in [3.05, 3.63) is 64.1 Å². The maximum Gasteiger partial charge on any atom is 0.225 e. The lowest BCUT2D eigenvalue weighted by Gasteiger charge is -2.39. The first kappa shape index (κ1) is 21.3. The van der Waals surface area contributed by atoms with Gasteiger partial charge in [0, 0.05) is 37.0 Å². The number of carbonyl (C=O) groups is 1. The van der Waals surface area contributed by atoms with E-state index in [-0.39, 0.29) is 18.0 Å². The molecule has 2 aliphatic rings. The van der Waals surface area contributed by atoms with Crippen LogP contribution < -0.4 is 0 Å². The fourth-order valence-electron chi connectivity index (χ4n) is 5.08. The highest BCUT2D eigenvalue weighted by molar-refractivity contribution is 7.10. The smallest absolute Gasteiger partial charge is 0.225 e. The zero-order valence-electron chi connectivity index (χ0n) is 18.5. The number of aromatic nitrogens is 4. The van der Waals surface area contributed by atoms with E-state index in [1.807, 2.05) is 22.9 Å². The first-order chi connectivity index (χ1) is 15.7. The largest absolute Gasteiger partial charge is 0.340 e. The Balaban J connectivity index is 1.38. The summed E-state index contributed by atoms with van der Waals surface area (Å²) in [6.07, 6.45) is 4.50. The Kier molecular flexibility index (Phi) is 6.32. The second kappa shape index (κ2) is 9.50. The van der Waals surface area contributed by atoms with Crippen molar-refractivity contribution in [2.75, 3.05) is 26.2 Å². The van der Waals surface area contributed by atoms with Crippen LogP contribution in [0.2, 0.25) is 0 Å². The number of hydrogen-bond donors (Lipinski definition) is 0. The summed E-state index contributed by atoms with van der Waals surface area (Å²) in [7, 11) is 0. The third-order valence-corrected chi connectivity index (χ3v) is 7.84. The molecule has 2 aromatic heterocycles. The highest BCUT2D eigenvalue weighted by Gasteiger charge is 2.35. The van der Waals surface area contributed by atoms with E-state index in [0.29, 0.717) is 5.91 Å². The van der Waals surface area contributed by atoms with E-state index >= 15 is 0 Å². The van der Waals surface area contributed by atoms with Crippen LogP contribution in [-0.2, 0) is 4.79 Å². The zero-order valence-corrected chi connectivity index (χ0v) is 19.3. The van der Waals surface area contributed by atoms with E-state index < -0.39 is 0 Å². The van der Waals surface area contributed by atoms with Gasteiger partial charge in [-0.05, 0) is 47.2 Å². The number of rotatable bonds is 6. The minimum atomic E-state index is -0.0140. The molecule has 3 aromatic rings. The maximum absolute atomic E-state index is 12.9. The summed E-state index contributed by atoms with van der Waals surface area (Å²) in [4.78, 5) is 18.7. The summed E-state index contributed by atoms with van der Waals surface area (Å²) in [6.45, 7) is 5.33. The second-order valence-electron chi connectivity index (χ2n) is 8.83. The van der Waals surface area contributed by atoms with Crippen LogP contribution in [0.5, 0.6) is 0 Å². The van der Waals surface area contributed by atoms with Gasteiger partial charge in [-0.25, -0.2) is 4.68 Å². The molecule has 1 aliphatic carbocycles. The molecule has 1 aromatic carbocycles. The molecule has 1 aliphatic heterocycles. The van der Waals surface area contributed by atoms with E-state index in [4.69, 9.17) is 0 Å². The van der Waals surface area contributed by atoms with Crippen molar-refractivity contribution in [3.8, 4) is 0 Å². The molecule has 0 radical (unpaired) electrons. The van der Waals surface area contributed by atoms with Crippen LogP contribution in [0.4, 0.5) is 0 Å². The second-order valence-corrected chi connectivity index (χ2v) is 9.81. The quantitative estimate of drug-likeness (QED) is 0.572. The third-order valence-electron chi connectivity index (χ3n) is 6.92. The molecule has 1 saturated heterocycles. The standard InChI is InChI=1S/C24H30N6OS/c1-18(19-8-3-2-4-9-19)30-23(25-26-27-30)22(21-12-7-17-32-21)28-13-15-29(16-14-28)24(31)20-10-5-6-11-20/h2-4,7-9,12,17-18,20,22H,5-6,10-11,13-16H2,1H3/t18-,22+/m0/s1. The summed E-state index contributed by atoms with van der Waals surface area (Å²) in [5.41, 5.74) is 1.18. The number of hydrogen-bond acceptors (Lipinski definition) is 6. The van der Waals surface area contributed by atoms with Gasteiger partial charge in [-0.1, -0.05) is 49.2 Å². The number of tetrazole rings is 1. The molecule has 7 nitrogen and oxygen atoms in total. The third kappa shape index (κ3) is 4.21. The van der Waals surface area contributed by atoms with Crippen molar-refractivity contribution in [2.45, 2.75) is 44.7 Å². The van der Waals surface area contributed by atoms with Gasteiger partial charge in [-0.2, -0.15) is 0 Å². The van der Waals surface area contributed by atoms with Crippen LogP contribution in [-0.4, -0.2) is 62.1 Å². The Morgan fingerprint density at radius 3 is 2.47 bits per heavy atom. The van der Waals surface area contributed by atoms with Crippen molar-refractivity contribution in [1.82, 2.24) is 30.0 Å². The van der Waals surface area contributed by atoms with Crippen molar-refractivity contribution in [3.63, 3.8) is 0 Å². The van der Waals surface area contributed by atoms with Gasteiger partial charge < -0.3 is 4.90 Å². The molecule has 0 bridgehead atoms. The molecule has 2 fully saturated rings. The Bertz CT molecular complexity index is 1010. The molecule has 0 N–H and O–H groups in total. The Labute approximate surface area is 193 Å². The van der Waals surface area contributed by atoms with Crippen LogP contribution in [0.1, 0.15) is 61.0 Å². The maximum atomic E-state index is 12.9. The normalized spacial score (nSPS) is 19.8. The van der Waals surface area contributed by atoms with Gasteiger partial charge in [-0.3, -0.25) is 9.69 Å². The lowest BCUT2D eigenvalue weighted by molar-refractivity contribution is -0.137. The number of benzene rings is 1. The average Bonchev–Trinajstić information content (AvgIpc) is 3.63. The van der Waals surface area contributed by atoms with E-state index in [1.165, 1.54) is 23.3 Å². The zero-order chi connectivity index (χ0) is 21.9. The highest BCUT2D eigenvalue weighted by atomic mass is 32.1. The van der Waals surface area contributed by atoms with Crippen LogP contribution >= 0.6 is 11.3 Å². The first-order valence-corrected chi connectivity index (χ1v) is 12.5. The molecule has 0 spiro atoms. The fraction of sp³-hybridized carbons (Fsp3) is 0.500. The van der Waals surface area contributed by atoms with Gasteiger partial charge >= 0.3 is 0 Å². The predicted molar refractivity (Wildman–Crippen MR) is 124 cm³/mol. The minimum Gasteiger partial charge on any atom is -0.340 e. The summed E-state index contributed by atoms with van der Waals surface area (Å²) in [5.74, 6) is 1.46. The van der Waals surface area contributed by atoms with Gasteiger partial charge in [0.1, 0.15) is 6.04 Å². The van der Waals surface area contributed by atoms with E-state index in [9.17, 15) is 4.79 Å². The predicted octanol–water partition coefficient (Wildman–Crippen LogP) is 3.77. The molecule has 5 rings (SSSR count). The summed E-state index contributed by atoms with van der Waals surface area (Å²) in [6, 6.07) is 14.6. The van der Waals surface area contributed by atoms with Gasteiger partial charge in [0.25, 0.3) is 0 Å². The highest BCUT2D eigenvalue weighted by Crippen LogP contribution is 2.34. The van der Waals surface area contributed by atoms with Crippen molar-refractivity contribution >= 4 is 17.2 Å². The summed E-state index contributed by atoms with van der Waals surface area (Å²) >= 11 is 1.74. The van der Waals surface area contributed by atoms with E-state index in [0.717, 1.165) is 44.8 Å². The minimum absolute atomic E-state index is 0.0140. The number of thiophene rings is 1. The Morgan fingerprint density at radius 2 is 1.78 bits per heavy atom. The monoisotopic (exact) mass is 450 g/mol. The summed E-state index contributed by atoms with van der Waals surface area (Å²) < 4.78 is 1.95. The van der Waals surface area contributed by atoms with E-state index in [1.54, 1.807) is 11.3 Å². The van der Waals surface area contributed by atoms with Crippen LogP contribution in [0.15, 0.2) is 47.8 Å². The van der Waals surface area contributed by atoms with Crippen LogP contribution in [0, 0.1) is 5.92 Å². The average molecular weight is 451 g/mol. The van der Waals surface area contributed by atoms with Gasteiger partial charge in [-0.15, -0.1) is 16.4 Å². The lowest BCUT2D eigenvalue weighted by atomic mass is 10.1. The molecule has 1 amide bonds. The molecule has 1 saturated carbocycles. The number of carbonyl (C=O) groups excluding carboxylic acids is 1.